The van der Waals surface area contributed by atoms with Crippen LogP contribution < -0.4 is 5.56 Å². The predicted octanol–water partition coefficient (Wildman–Crippen LogP) is 0.503. The number of nitrogens with one attached hydrogen (secondary N) is 1. The highest BCUT2D eigenvalue weighted by molar-refractivity contribution is 5.94. The third kappa shape index (κ3) is 1.84. The summed E-state index contributed by atoms with van der Waals surface area (Å²) in [7, 11) is 0. The lowest BCUT2D eigenvalue weighted by Crippen LogP contribution is -2.48. The van der Waals surface area contributed by atoms with E-state index in [1.165, 1.54) is 12.3 Å². The van der Waals surface area contributed by atoms with Gasteiger partial charge in [0.25, 0.3) is 5.91 Å². The molecule has 1 aromatic rings. The summed E-state index contributed by atoms with van der Waals surface area (Å²) in [4.78, 5) is 28.0. The molecule has 2 atom stereocenters. The highest BCUT2D eigenvalue weighted by Gasteiger charge is 2.42. The second kappa shape index (κ2) is 4.24. The van der Waals surface area contributed by atoms with Crippen molar-refractivity contribution in [3.8, 4) is 0 Å². The maximum absolute atomic E-state index is 12.4. The maximum Gasteiger partial charge on any atom is 0.254 e. The van der Waals surface area contributed by atoms with E-state index in [4.69, 9.17) is 0 Å². The molecule has 0 saturated carbocycles. The molecule has 1 aromatic heterocycles. The van der Waals surface area contributed by atoms with Gasteiger partial charge in [-0.15, -0.1) is 0 Å². The van der Waals surface area contributed by atoms with Gasteiger partial charge in [0.05, 0.1) is 6.10 Å². The highest BCUT2D eigenvalue weighted by atomic mass is 16.3. The van der Waals surface area contributed by atoms with Gasteiger partial charge in [0.1, 0.15) is 0 Å². The van der Waals surface area contributed by atoms with Gasteiger partial charge in [-0.1, -0.05) is 0 Å². The molecule has 3 heterocycles. The van der Waals surface area contributed by atoms with Crippen molar-refractivity contribution in [2.75, 3.05) is 0 Å². The molecular weight excluding hydrogens is 232 g/mol. The quantitative estimate of drug-likeness (QED) is 0.760. The minimum atomic E-state index is -0.286. The van der Waals surface area contributed by atoms with Crippen LogP contribution in [0.3, 0.4) is 0 Å². The van der Waals surface area contributed by atoms with Gasteiger partial charge in [-0.05, 0) is 31.7 Å². The topological polar surface area (TPSA) is 73.4 Å². The highest BCUT2D eigenvalue weighted by Crippen LogP contribution is 2.36. The Labute approximate surface area is 104 Å². The number of pyridine rings is 1. The van der Waals surface area contributed by atoms with Gasteiger partial charge in [-0.2, -0.15) is 0 Å². The number of H-pyrrole nitrogens is 1. The van der Waals surface area contributed by atoms with Crippen LogP contribution in [0.2, 0.25) is 0 Å². The summed E-state index contributed by atoms with van der Waals surface area (Å²) in [6, 6.07) is 3.23. The lowest BCUT2D eigenvalue weighted by Gasteiger charge is -2.37. The molecule has 2 fully saturated rings. The van der Waals surface area contributed by atoms with Crippen molar-refractivity contribution < 1.29 is 9.90 Å². The maximum atomic E-state index is 12.4. The number of hydrogen-bond donors (Lipinski definition) is 2. The Morgan fingerprint density at radius 2 is 2.00 bits per heavy atom. The zero-order valence-corrected chi connectivity index (χ0v) is 10.0. The van der Waals surface area contributed by atoms with Gasteiger partial charge in [0.15, 0.2) is 0 Å². The fourth-order valence-electron chi connectivity index (χ4n) is 3.21. The Balaban J connectivity index is 1.88. The fourth-order valence-corrected chi connectivity index (χ4v) is 3.21. The molecule has 5 heteroatoms. The van der Waals surface area contributed by atoms with Crippen molar-refractivity contribution in [3.63, 3.8) is 0 Å². The Kier molecular flexibility index (Phi) is 2.70. The molecule has 2 bridgehead atoms. The van der Waals surface area contributed by atoms with Crippen LogP contribution >= 0.6 is 0 Å². The Morgan fingerprint density at radius 1 is 1.33 bits per heavy atom. The number of nitrogens with zero attached hydrogens (tertiary/aromatic N) is 1. The first-order chi connectivity index (χ1) is 8.65. The first-order valence-electron chi connectivity index (χ1n) is 6.34. The molecule has 2 aliphatic heterocycles. The molecule has 0 aromatic carbocycles. The van der Waals surface area contributed by atoms with Crippen molar-refractivity contribution in [2.24, 2.45) is 0 Å². The summed E-state index contributed by atoms with van der Waals surface area (Å²) >= 11 is 0. The Hall–Kier alpha value is -1.62. The number of fused-ring (bicyclic) bond motifs is 2. The van der Waals surface area contributed by atoms with Gasteiger partial charge in [0, 0.05) is 29.9 Å². The lowest BCUT2D eigenvalue weighted by molar-refractivity contribution is 0.0286. The fraction of sp³-hybridized carbons (Fsp3) is 0.538. The minimum Gasteiger partial charge on any atom is -0.393 e. The third-order valence-electron chi connectivity index (χ3n) is 3.96. The van der Waals surface area contributed by atoms with E-state index in [1.54, 1.807) is 6.07 Å². The molecule has 3 rings (SSSR count). The van der Waals surface area contributed by atoms with Crippen molar-refractivity contribution in [2.45, 2.75) is 43.9 Å². The molecule has 0 spiro atoms. The first-order valence-corrected chi connectivity index (χ1v) is 6.34. The van der Waals surface area contributed by atoms with E-state index in [9.17, 15) is 14.7 Å². The van der Waals surface area contributed by atoms with Gasteiger partial charge < -0.3 is 15.0 Å². The molecule has 2 saturated heterocycles. The number of aromatic nitrogens is 1. The van der Waals surface area contributed by atoms with Crippen LogP contribution in [0.5, 0.6) is 0 Å². The van der Waals surface area contributed by atoms with Crippen molar-refractivity contribution in [1.82, 2.24) is 9.88 Å². The molecule has 18 heavy (non-hydrogen) atoms. The van der Waals surface area contributed by atoms with Crippen LogP contribution in [0, 0.1) is 0 Å². The molecular formula is C13H16N2O3. The van der Waals surface area contributed by atoms with E-state index in [0.717, 1.165) is 12.8 Å². The number of hydrogen-bond acceptors (Lipinski definition) is 3. The summed E-state index contributed by atoms with van der Waals surface area (Å²) in [5, 5.41) is 9.71. The number of carbonyl (C=O) groups excluding carboxylic acids is 1. The molecule has 2 aliphatic rings. The molecule has 2 N–H and O–H groups in total. The second-order valence-corrected chi connectivity index (χ2v) is 5.16. The van der Waals surface area contributed by atoms with E-state index in [0.29, 0.717) is 18.4 Å². The molecule has 0 aliphatic carbocycles. The number of piperidine rings is 1. The lowest BCUT2D eigenvalue weighted by atomic mass is 9.99. The summed E-state index contributed by atoms with van der Waals surface area (Å²) in [6.45, 7) is 0. The molecule has 5 nitrogen and oxygen atoms in total. The van der Waals surface area contributed by atoms with Gasteiger partial charge in [-0.3, -0.25) is 9.59 Å². The number of amides is 1. The van der Waals surface area contributed by atoms with Gasteiger partial charge >= 0.3 is 0 Å². The smallest absolute Gasteiger partial charge is 0.254 e. The normalized spacial score (nSPS) is 30.5. The van der Waals surface area contributed by atoms with Crippen molar-refractivity contribution in [1.29, 1.82) is 0 Å². The molecule has 96 valence electrons. The van der Waals surface area contributed by atoms with Crippen LogP contribution in [0.1, 0.15) is 36.0 Å². The Morgan fingerprint density at radius 3 is 2.61 bits per heavy atom. The molecule has 2 unspecified atom stereocenters. The number of rotatable bonds is 1. The average molecular weight is 248 g/mol. The summed E-state index contributed by atoms with van der Waals surface area (Å²) < 4.78 is 0. The minimum absolute atomic E-state index is 0.0829. The monoisotopic (exact) mass is 248 g/mol. The van der Waals surface area contributed by atoms with E-state index in [2.05, 4.69) is 4.98 Å². The van der Waals surface area contributed by atoms with Crippen LogP contribution in [0.15, 0.2) is 23.1 Å². The number of aliphatic hydroxyl groups is 1. The second-order valence-electron chi connectivity index (χ2n) is 5.16. The largest absolute Gasteiger partial charge is 0.393 e. The third-order valence-corrected chi connectivity index (χ3v) is 3.96. The van der Waals surface area contributed by atoms with Crippen LogP contribution in [-0.2, 0) is 0 Å². The summed E-state index contributed by atoms with van der Waals surface area (Å²) in [5.41, 5.74) is 0.178. The van der Waals surface area contributed by atoms with E-state index < -0.39 is 0 Å². The van der Waals surface area contributed by atoms with Crippen molar-refractivity contribution >= 4 is 5.91 Å². The summed E-state index contributed by atoms with van der Waals surface area (Å²) in [5.74, 6) is -0.0829. The predicted molar refractivity (Wildman–Crippen MR) is 65.3 cm³/mol. The zero-order chi connectivity index (χ0) is 12.7. The van der Waals surface area contributed by atoms with E-state index in [1.807, 2.05) is 4.90 Å². The SMILES string of the molecule is O=C(c1cc[nH]c(=O)c1)N1C2CCC1CC(O)C2. The van der Waals surface area contributed by atoms with E-state index >= 15 is 0 Å². The van der Waals surface area contributed by atoms with Crippen molar-refractivity contribution in [3.05, 3.63) is 34.2 Å². The summed E-state index contributed by atoms with van der Waals surface area (Å²) in [6.07, 6.45) is 4.44. The first kappa shape index (κ1) is 11.5. The molecule has 0 radical (unpaired) electrons. The Bertz CT molecular complexity index is 511. The number of aliphatic hydroxyl groups excluding tert-OH is 1. The van der Waals surface area contributed by atoms with Gasteiger partial charge in [0.2, 0.25) is 5.56 Å². The van der Waals surface area contributed by atoms with Crippen LogP contribution in [0.25, 0.3) is 0 Å². The zero-order valence-electron chi connectivity index (χ0n) is 10.0. The standard InChI is InChI=1S/C13H16N2O3/c16-11-6-9-1-2-10(7-11)15(9)13(18)8-3-4-14-12(17)5-8/h3-5,9-11,16H,1-2,6-7H2,(H,14,17). The van der Waals surface area contributed by atoms with Crippen LogP contribution in [0.4, 0.5) is 0 Å². The number of carbonyl (C=O) groups is 1. The van der Waals surface area contributed by atoms with Crippen LogP contribution in [-0.4, -0.2) is 39.1 Å². The van der Waals surface area contributed by atoms with E-state index in [-0.39, 0.29) is 29.7 Å². The van der Waals surface area contributed by atoms with Gasteiger partial charge in [-0.25, -0.2) is 0 Å². The molecule has 1 amide bonds. The average Bonchev–Trinajstić information content (AvgIpc) is 2.61. The number of aromatic amines is 1.